The molecule has 0 aliphatic carbocycles. The molecule has 2 saturated heterocycles. The molecule has 2 aliphatic heterocycles. The van der Waals surface area contributed by atoms with Crippen molar-refractivity contribution in [3.8, 4) is 17.6 Å². The number of rotatable bonds is 9. The van der Waals surface area contributed by atoms with E-state index in [1.807, 2.05) is 18.2 Å². The number of benzene rings is 2. The normalized spacial score (nSPS) is 17.4. The second-order valence-electron chi connectivity index (χ2n) is 10.9. The molecule has 6 rings (SSSR count). The Labute approximate surface area is 250 Å². The molecule has 0 radical (unpaired) electrons. The minimum Gasteiger partial charge on any atom is -0.487 e. The predicted molar refractivity (Wildman–Crippen MR) is 161 cm³/mol. The lowest BCUT2D eigenvalue weighted by atomic mass is 9.89. The summed E-state index contributed by atoms with van der Waals surface area (Å²) in [6.07, 6.45) is 4.80. The van der Waals surface area contributed by atoms with Crippen molar-refractivity contribution in [3.63, 3.8) is 0 Å². The van der Waals surface area contributed by atoms with Crippen molar-refractivity contribution >= 4 is 28.6 Å². The van der Waals surface area contributed by atoms with E-state index in [1.54, 1.807) is 25.3 Å². The van der Waals surface area contributed by atoms with Crippen molar-refractivity contribution in [1.29, 1.82) is 0 Å². The lowest BCUT2D eigenvalue weighted by molar-refractivity contribution is -0.0592. The summed E-state index contributed by atoms with van der Waals surface area (Å²) in [4.78, 5) is 23.6. The van der Waals surface area contributed by atoms with Gasteiger partial charge in [0.1, 0.15) is 23.7 Å². The quantitative estimate of drug-likeness (QED) is 0.245. The molecule has 4 aromatic rings. The van der Waals surface area contributed by atoms with Crippen molar-refractivity contribution in [3.05, 3.63) is 88.0 Å². The predicted octanol–water partition coefficient (Wildman–Crippen LogP) is 5.90. The molecule has 0 saturated carbocycles. The zero-order valence-electron chi connectivity index (χ0n) is 23.6. The Morgan fingerprint density at radius 2 is 2.00 bits per heavy atom. The molecule has 216 valence electrons. The molecule has 0 amide bonds. The lowest BCUT2D eigenvalue weighted by Crippen LogP contribution is -2.35. The molecule has 2 aromatic heterocycles. The SMILES string of the molecule is CC#Cc1cc(C(=O)O)cc2c1nc(CN1CCC(c3cccc(OCc4ccc(Cl)cn4)c3)CC1)n2CC1CCO1. The fourth-order valence-corrected chi connectivity index (χ4v) is 5.82. The molecule has 1 atom stereocenters. The molecule has 2 aromatic carbocycles. The van der Waals surface area contributed by atoms with Gasteiger partial charge in [0.25, 0.3) is 0 Å². The van der Waals surface area contributed by atoms with Crippen molar-refractivity contribution in [2.75, 3.05) is 19.7 Å². The van der Waals surface area contributed by atoms with Gasteiger partial charge < -0.3 is 19.1 Å². The van der Waals surface area contributed by atoms with Crippen LogP contribution in [0.15, 0.2) is 54.7 Å². The van der Waals surface area contributed by atoms with Gasteiger partial charge in [0.2, 0.25) is 0 Å². The Hall–Kier alpha value is -3.90. The highest BCUT2D eigenvalue weighted by atomic mass is 35.5. The van der Waals surface area contributed by atoms with E-state index < -0.39 is 5.97 Å². The number of pyridine rings is 1. The van der Waals surface area contributed by atoms with E-state index in [-0.39, 0.29) is 11.7 Å². The highest BCUT2D eigenvalue weighted by Crippen LogP contribution is 2.32. The summed E-state index contributed by atoms with van der Waals surface area (Å²) in [6, 6.07) is 15.4. The molecule has 1 unspecified atom stereocenters. The van der Waals surface area contributed by atoms with Crippen LogP contribution in [0.1, 0.15) is 65.1 Å². The smallest absolute Gasteiger partial charge is 0.335 e. The summed E-state index contributed by atoms with van der Waals surface area (Å²) in [6.45, 7) is 6.13. The Morgan fingerprint density at radius 3 is 2.69 bits per heavy atom. The molecule has 9 heteroatoms. The number of imidazole rings is 1. The van der Waals surface area contributed by atoms with E-state index in [0.29, 0.717) is 36.2 Å². The van der Waals surface area contributed by atoms with Crippen LogP contribution in [0.5, 0.6) is 5.75 Å². The van der Waals surface area contributed by atoms with E-state index in [1.165, 1.54) is 5.56 Å². The van der Waals surface area contributed by atoms with E-state index >= 15 is 0 Å². The van der Waals surface area contributed by atoms with Gasteiger partial charge in [-0.3, -0.25) is 9.88 Å². The zero-order valence-corrected chi connectivity index (χ0v) is 24.3. The number of fused-ring (bicyclic) bond motifs is 1. The summed E-state index contributed by atoms with van der Waals surface area (Å²) in [7, 11) is 0. The molecule has 2 fully saturated rings. The molecule has 8 nitrogen and oxygen atoms in total. The maximum absolute atomic E-state index is 11.9. The van der Waals surface area contributed by atoms with Crippen molar-refractivity contribution in [2.24, 2.45) is 0 Å². The van der Waals surface area contributed by atoms with Gasteiger partial charge in [-0.15, -0.1) is 5.92 Å². The lowest BCUT2D eigenvalue weighted by Gasteiger charge is -2.33. The summed E-state index contributed by atoms with van der Waals surface area (Å²) in [5.41, 5.74) is 4.55. The van der Waals surface area contributed by atoms with E-state index in [2.05, 4.69) is 44.5 Å². The van der Waals surface area contributed by atoms with Crippen LogP contribution in [0.3, 0.4) is 0 Å². The molecule has 2 aliphatic rings. The summed E-state index contributed by atoms with van der Waals surface area (Å²) in [5, 5.41) is 10.3. The molecule has 4 heterocycles. The number of likely N-dealkylation sites (tertiary alicyclic amines) is 1. The fraction of sp³-hybridized carbons (Fsp3) is 0.364. The standard InChI is InChI=1S/C33H33ClN4O4/c1-2-4-24-15-25(33(39)40)17-30-32(24)36-31(38(30)19-29-11-14-41-29)20-37-12-9-22(10-13-37)23-5-3-6-28(16-23)42-21-27-8-7-26(34)18-35-27/h3,5-8,15-18,22,29H,9-14,19-21H2,1H3,(H,39,40). The van der Waals surface area contributed by atoms with E-state index in [0.717, 1.165) is 67.3 Å². The second kappa shape index (κ2) is 12.5. The van der Waals surface area contributed by atoms with Gasteiger partial charge in [-0.05, 0) is 87.2 Å². The van der Waals surface area contributed by atoms with Gasteiger partial charge in [0.05, 0.1) is 46.6 Å². The number of aromatic nitrogens is 3. The zero-order chi connectivity index (χ0) is 29.1. The largest absolute Gasteiger partial charge is 0.487 e. The first-order valence-electron chi connectivity index (χ1n) is 14.3. The van der Waals surface area contributed by atoms with Gasteiger partial charge in [-0.25, -0.2) is 9.78 Å². The number of ether oxygens (including phenoxy) is 2. The molecule has 0 bridgehead atoms. The van der Waals surface area contributed by atoms with Crippen molar-refractivity contribution in [1.82, 2.24) is 19.4 Å². The second-order valence-corrected chi connectivity index (χ2v) is 11.3. The third kappa shape index (κ3) is 6.29. The number of aromatic carboxylic acids is 1. The van der Waals surface area contributed by atoms with Gasteiger partial charge >= 0.3 is 5.97 Å². The fourth-order valence-electron chi connectivity index (χ4n) is 5.71. The third-order valence-electron chi connectivity index (χ3n) is 8.08. The molecule has 1 N–H and O–H groups in total. The number of hydrogen-bond acceptors (Lipinski definition) is 6. The van der Waals surface area contributed by atoms with Crippen LogP contribution in [0.4, 0.5) is 0 Å². The Kier molecular flexibility index (Phi) is 8.43. The first kappa shape index (κ1) is 28.2. The number of piperidine rings is 1. The van der Waals surface area contributed by atoms with Crippen LogP contribution >= 0.6 is 11.6 Å². The van der Waals surface area contributed by atoms with Crippen LogP contribution in [0.25, 0.3) is 11.0 Å². The van der Waals surface area contributed by atoms with Crippen molar-refractivity contribution in [2.45, 2.75) is 57.9 Å². The maximum atomic E-state index is 11.9. The molecular formula is C33H33ClN4O4. The summed E-state index contributed by atoms with van der Waals surface area (Å²) < 4.78 is 13.9. The molecule has 0 spiro atoms. The average Bonchev–Trinajstić information content (AvgIpc) is 3.32. The monoisotopic (exact) mass is 584 g/mol. The number of nitrogens with zero attached hydrogens (tertiary/aromatic N) is 4. The highest BCUT2D eigenvalue weighted by Gasteiger charge is 2.26. The number of carboxylic acid groups (broad SMARTS) is 1. The molecular weight excluding hydrogens is 552 g/mol. The van der Waals surface area contributed by atoms with Gasteiger partial charge in [-0.2, -0.15) is 0 Å². The van der Waals surface area contributed by atoms with Crippen LogP contribution in [-0.4, -0.2) is 56.3 Å². The van der Waals surface area contributed by atoms with Gasteiger partial charge in [-0.1, -0.05) is 29.7 Å². The summed E-state index contributed by atoms with van der Waals surface area (Å²) >= 11 is 5.94. The minimum absolute atomic E-state index is 0.117. The average molecular weight is 585 g/mol. The Morgan fingerprint density at radius 1 is 1.17 bits per heavy atom. The van der Waals surface area contributed by atoms with Crippen molar-refractivity contribution < 1.29 is 19.4 Å². The minimum atomic E-state index is -0.969. The number of halogens is 1. The van der Waals surface area contributed by atoms with E-state index in [4.69, 9.17) is 26.1 Å². The molecule has 42 heavy (non-hydrogen) atoms. The number of carboxylic acids is 1. The maximum Gasteiger partial charge on any atom is 0.335 e. The Balaban J connectivity index is 1.16. The van der Waals surface area contributed by atoms with Crippen LogP contribution in [0, 0.1) is 11.8 Å². The van der Waals surface area contributed by atoms with Gasteiger partial charge in [0.15, 0.2) is 0 Å². The summed E-state index contributed by atoms with van der Waals surface area (Å²) in [5.74, 6) is 7.22. The van der Waals surface area contributed by atoms with Crippen LogP contribution in [0.2, 0.25) is 5.02 Å². The first-order chi connectivity index (χ1) is 20.5. The van der Waals surface area contributed by atoms with E-state index in [9.17, 15) is 9.90 Å². The highest BCUT2D eigenvalue weighted by molar-refractivity contribution is 6.30. The third-order valence-corrected chi connectivity index (χ3v) is 8.30. The Bertz CT molecular complexity index is 1640. The number of carbonyl (C=O) groups is 1. The first-order valence-corrected chi connectivity index (χ1v) is 14.7. The van der Waals surface area contributed by atoms with Crippen LogP contribution in [-0.2, 0) is 24.4 Å². The van der Waals surface area contributed by atoms with Crippen LogP contribution < -0.4 is 4.74 Å². The van der Waals surface area contributed by atoms with Gasteiger partial charge in [0, 0.05) is 12.8 Å². The number of hydrogen-bond donors (Lipinski definition) is 1. The topological polar surface area (TPSA) is 89.7 Å².